The summed E-state index contributed by atoms with van der Waals surface area (Å²) in [5.41, 5.74) is 1.87. The van der Waals surface area contributed by atoms with Crippen LogP contribution in [0.4, 0.5) is 0 Å². The zero-order valence-electron chi connectivity index (χ0n) is 8.48. The topological polar surface area (TPSA) is 42.2 Å². The maximum Gasteiger partial charge on any atom is 0.146 e. The molecule has 1 heterocycles. The lowest BCUT2D eigenvalue weighted by atomic mass is 9.95. The van der Waals surface area contributed by atoms with Gasteiger partial charge in [-0.05, 0) is 24.1 Å². The molecule has 2 rings (SSSR count). The van der Waals surface area contributed by atoms with E-state index in [4.69, 9.17) is 14.7 Å². The van der Waals surface area contributed by atoms with Crippen LogP contribution < -0.4 is 0 Å². The van der Waals surface area contributed by atoms with E-state index in [1.807, 2.05) is 24.3 Å². The van der Waals surface area contributed by atoms with E-state index in [2.05, 4.69) is 6.07 Å². The van der Waals surface area contributed by atoms with Crippen LogP contribution in [-0.2, 0) is 9.47 Å². The van der Waals surface area contributed by atoms with Gasteiger partial charge in [-0.1, -0.05) is 12.1 Å². The maximum atomic E-state index is 8.81. The van der Waals surface area contributed by atoms with Crippen molar-refractivity contribution in [1.82, 2.24) is 0 Å². The number of benzene rings is 1. The Morgan fingerprint density at radius 3 is 3.13 bits per heavy atom. The van der Waals surface area contributed by atoms with Crippen LogP contribution in [0.2, 0.25) is 0 Å². The molecule has 1 aliphatic rings. The van der Waals surface area contributed by atoms with Gasteiger partial charge in [0.25, 0.3) is 0 Å². The van der Waals surface area contributed by atoms with Crippen molar-refractivity contribution in [3.8, 4) is 6.07 Å². The quantitative estimate of drug-likeness (QED) is 0.701. The number of nitrogens with zero attached hydrogens (tertiary/aromatic N) is 1. The van der Waals surface area contributed by atoms with E-state index in [1.54, 1.807) is 0 Å². The van der Waals surface area contributed by atoms with Crippen LogP contribution in [0.5, 0.6) is 0 Å². The van der Waals surface area contributed by atoms with Crippen LogP contribution in [-0.4, -0.2) is 20.0 Å². The molecule has 0 aromatic heterocycles. The Morgan fingerprint density at radius 1 is 1.33 bits per heavy atom. The van der Waals surface area contributed by atoms with Gasteiger partial charge in [0.15, 0.2) is 0 Å². The molecule has 0 N–H and O–H groups in total. The van der Waals surface area contributed by atoms with Gasteiger partial charge in [0.2, 0.25) is 0 Å². The lowest BCUT2D eigenvalue weighted by Gasteiger charge is -2.12. The Balaban J connectivity index is 2.16. The van der Waals surface area contributed by atoms with Crippen LogP contribution in [0, 0.1) is 11.3 Å². The summed E-state index contributed by atoms with van der Waals surface area (Å²) in [6.45, 7) is 1.78. The third kappa shape index (κ3) is 2.56. The van der Waals surface area contributed by atoms with Gasteiger partial charge < -0.3 is 9.47 Å². The highest BCUT2D eigenvalue weighted by Gasteiger charge is 2.15. The minimum atomic E-state index is 0.348. The van der Waals surface area contributed by atoms with Crippen molar-refractivity contribution < 1.29 is 9.47 Å². The van der Waals surface area contributed by atoms with Crippen molar-refractivity contribution in [2.24, 2.45) is 0 Å². The average molecular weight is 203 g/mol. The SMILES string of the molecule is N#Cc1cccc(C2CCOCOC2)c1. The van der Waals surface area contributed by atoms with Crippen molar-refractivity contribution >= 4 is 0 Å². The Labute approximate surface area is 89.2 Å². The molecule has 78 valence electrons. The summed E-state index contributed by atoms with van der Waals surface area (Å²) in [6, 6.07) is 9.86. The van der Waals surface area contributed by atoms with Crippen molar-refractivity contribution in [3.63, 3.8) is 0 Å². The molecule has 0 saturated carbocycles. The fourth-order valence-corrected chi connectivity index (χ4v) is 1.74. The van der Waals surface area contributed by atoms with Crippen LogP contribution in [0.15, 0.2) is 24.3 Å². The molecule has 0 radical (unpaired) electrons. The standard InChI is InChI=1S/C12H13NO2/c13-7-10-2-1-3-11(6-10)12-4-5-14-9-15-8-12/h1-3,6,12H,4-5,8-9H2. The Kier molecular flexibility index (Phi) is 3.33. The maximum absolute atomic E-state index is 8.81. The van der Waals surface area contributed by atoms with Crippen LogP contribution >= 0.6 is 0 Å². The van der Waals surface area contributed by atoms with E-state index < -0.39 is 0 Å². The first-order chi connectivity index (χ1) is 7.40. The third-order valence-corrected chi connectivity index (χ3v) is 2.58. The molecule has 0 bridgehead atoms. The van der Waals surface area contributed by atoms with E-state index >= 15 is 0 Å². The average Bonchev–Trinajstić information content (AvgIpc) is 2.58. The van der Waals surface area contributed by atoms with Gasteiger partial charge in [-0.3, -0.25) is 0 Å². The normalized spacial score (nSPS) is 21.7. The van der Waals surface area contributed by atoms with E-state index in [1.165, 1.54) is 5.56 Å². The fraction of sp³-hybridized carbons (Fsp3) is 0.417. The highest BCUT2D eigenvalue weighted by atomic mass is 16.7. The summed E-state index contributed by atoms with van der Waals surface area (Å²) in [5, 5.41) is 8.81. The predicted octanol–water partition coefficient (Wildman–Crippen LogP) is 2.04. The third-order valence-electron chi connectivity index (χ3n) is 2.58. The van der Waals surface area contributed by atoms with Crippen LogP contribution in [0.3, 0.4) is 0 Å². The van der Waals surface area contributed by atoms with E-state index in [9.17, 15) is 0 Å². The molecule has 3 nitrogen and oxygen atoms in total. The first kappa shape index (κ1) is 10.2. The van der Waals surface area contributed by atoms with Gasteiger partial charge in [0, 0.05) is 5.92 Å². The van der Waals surface area contributed by atoms with Gasteiger partial charge in [-0.25, -0.2) is 0 Å². The second-order valence-electron chi connectivity index (χ2n) is 3.62. The van der Waals surface area contributed by atoms with E-state index in [0.717, 1.165) is 13.0 Å². The molecular weight excluding hydrogens is 190 g/mol. The Morgan fingerprint density at radius 2 is 2.27 bits per heavy atom. The number of hydrogen-bond donors (Lipinski definition) is 0. The van der Waals surface area contributed by atoms with Crippen LogP contribution in [0.1, 0.15) is 23.5 Å². The minimum absolute atomic E-state index is 0.348. The molecular formula is C12H13NO2. The molecule has 1 aromatic carbocycles. The van der Waals surface area contributed by atoms with Crippen molar-refractivity contribution in [3.05, 3.63) is 35.4 Å². The highest BCUT2D eigenvalue weighted by Crippen LogP contribution is 2.22. The molecule has 1 aliphatic heterocycles. The van der Waals surface area contributed by atoms with Gasteiger partial charge in [-0.2, -0.15) is 5.26 Å². The van der Waals surface area contributed by atoms with Crippen LogP contribution in [0.25, 0.3) is 0 Å². The molecule has 0 spiro atoms. The predicted molar refractivity (Wildman–Crippen MR) is 55.3 cm³/mol. The van der Waals surface area contributed by atoms with E-state index in [0.29, 0.717) is 24.9 Å². The van der Waals surface area contributed by atoms with Gasteiger partial charge in [-0.15, -0.1) is 0 Å². The molecule has 1 unspecified atom stereocenters. The van der Waals surface area contributed by atoms with Gasteiger partial charge >= 0.3 is 0 Å². The zero-order valence-corrected chi connectivity index (χ0v) is 8.48. The number of rotatable bonds is 1. The Hall–Kier alpha value is -1.37. The van der Waals surface area contributed by atoms with Crippen molar-refractivity contribution in [2.75, 3.05) is 20.0 Å². The van der Waals surface area contributed by atoms with Crippen molar-refractivity contribution in [2.45, 2.75) is 12.3 Å². The first-order valence-corrected chi connectivity index (χ1v) is 5.05. The summed E-state index contributed by atoms with van der Waals surface area (Å²) < 4.78 is 10.5. The zero-order chi connectivity index (χ0) is 10.5. The highest BCUT2D eigenvalue weighted by molar-refractivity contribution is 5.34. The Bertz CT molecular complexity index is 362. The fourth-order valence-electron chi connectivity index (χ4n) is 1.74. The number of ether oxygens (including phenoxy) is 2. The largest absolute Gasteiger partial charge is 0.355 e. The molecule has 1 saturated heterocycles. The minimum Gasteiger partial charge on any atom is -0.355 e. The summed E-state index contributed by atoms with van der Waals surface area (Å²) in [6.07, 6.45) is 0.953. The molecule has 3 heteroatoms. The van der Waals surface area contributed by atoms with Gasteiger partial charge in [0.1, 0.15) is 6.79 Å². The lowest BCUT2D eigenvalue weighted by Crippen LogP contribution is -2.05. The lowest BCUT2D eigenvalue weighted by molar-refractivity contribution is -0.0330. The molecule has 1 atom stereocenters. The summed E-state index contributed by atoms with van der Waals surface area (Å²) >= 11 is 0. The summed E-state index contributed by atoms with van der Waals surface area (Å²) in [5.74, 6) is 0.348. The number of hydrogen-bond acceptors (Lipinski definition) is 3. The smallest absolute Gasteiger partial charge is 0.146 e. The molecule has 1 fully saturated rings. The monoisotopic (exact) mass is 203 g/mol. The molecule has 0 aliphatic carbocycles. The molecule has 15 heavy (non-hydrogen) atoms. The summed E-state index contributed by atoms with van der Waals surface area (Å²) in [7, 11) is 0. The van der Waals surface area contributed by atoms with Crippen molar-refractivity contribution in [1.29, 1.82) is 5.26 Å². The second-order valence-corrected chi connectivity index (χ2v) is 3.62. The van der Waals surface area contributed by atoms with Gasteiger partial charge in [0.05, 0.1) is 24.8 Å². The molecule has 0 amide bonds. The second kappa shape index (κ2) is 4.92. The molecule has 1 aromatic rings. The first-order valence-electron chi connectivity index (χ1n) is 5.05. The summed E-state index contributed by atoms with van der Waals surface area (Å²) in [4.78, 5) is 0. The number of nitriles is 1. The van der Waals surface area contributed by atoms with E-state index in [-0.39, 0.29) is 0 Å².